The summed E-state index contributed by atoms with van der Waals surface area (Å²) in [6, 6.07) is 10.2. The van der Waals surface area contributed by atoms with Crippen molar-refractivity contribution in [1.82, 2.24) is 4.31 Å². The summed E-state index contributed by atoms with van der Waals surface area (Å²) in [4.78, 5) is 12.0. The van der Waals surface area contributed by atoms with E-state index in [0.717, 1.165) is 35.4 Å². The van der Waals surface area contributed by atoms with Crippen LogP contribution in [-0.2, 0) is 27.4 Å². The van der Waals surface area contributed by atoms with E-state index in [1.54, 1.807) is 0 Å². The van der Waals surface area contributed by atoms with Crippen LogP contribution in [0.1, 0.15) is 35.6 Å². The molecule has 3 atom stereocenters. The second kappa shape index (κ2) is 5.45. The minimum Gasteiger partial charge on any atom is -0.300 e. The zero-order chi connectivity index (χ0) is 19.9. The number of ketones is 1. The molecule has 1 heterocycles. The van der Waals surface area contributed by atoms with Crippen LogP contribution in [0.3, 0.4) is 0 Å². The summed E-state index contributed by atoms with van der Waals surface area (Å²) in [6.07, 6.45) is -3.37. The van der Waals surface area contributed by atoms with Crippen molar-refractivity contribution < 1.29 is 26.4 Å². The normalized spacial score (nSPS) is 29.2. The number of carbonyl (C=O) groups is 1. The van der Waals surface area contributed by atoms with E-state index in [-0.39, 0.29) is 17.1 Å². The molecular formula is C20H16F3NO3S. The Morgan fingerprint density at radius 3 is 2.36 bits per heavy atom. The van der Waals surface area contributed by atoms with Crippen LogP contribution in [0, 0.1) is 5.41 Å². The van der Waals surface area contributed by atoms with E-state index in [4.69, 9.17) is 0 Å². The van der Waals surface area contributed by atoms with Crippen LogP contribution in [0.5, 0.6) is 0 Å². The molecule has 0 radical (unpaired) electrons. The average Bonchev–Trinajstić information content (AvgIpc) is 3.04. The molecule has 1 saturated heterocycles. The fourth-order valence-corrected chi connectivity index (χ4v) is 7.18. The van der Waals surface area contributed by atoms with Crippen molar-refractivity contribution in [2.75, 3.05) is 0 Å². The second-order valence-electron chi connectivity index (χ2n) is 7.80. The van der Waals surface area contributed by atoms with Crippen molar-refractivity contribution >= 4 is 15.8 Å². The zero-order valence-electron chi connectivity index (χ0n) is 14.6. The minimum atomic E-state index is -4.53. The number of hydrogen-bond acceptors (Lipinski definition) is 3. The van der Waals surface area contributed by atoms with Crippen LogP contribution in [0.2, 0.25) is 0 Å². The molecule has 146 valence electrons. The molecule has 0 N–H and O–H groups in total. The maximum Gasteiger partial charge on any atom is 0.416 e. The zero-order valence-corrected chi connectivity index (χ0v) is 15.4. The molecular weight excluding hydrogens is 391 g/mol. The number of hydrogen-bond donors (Lipinski definition) is 0. The van der Waals surface area contributed by atoms with E-state index in [2.05, 4.69) is 0 Å². The molecule has 28 heavy (non-hydrogen) atoms. The van der Waals surface area contributed by atoms with Crippen LogP contribution in [0.25, 0.3) is 0 Å². The summed E-state index contributed by atoms with van der Waals surface area (Å²) in [5, 5.41) is 0. The van der Waals surface area contributed by atoms with E-state index in [0.29, 0.717) is 12.8 Å². The Morgan fingerprint density at radius 2 is 1.68 bits per heavy atom. The number of Topliss-reactive ketones (excluding diaryl/α,β-unsaturated/α-hetero) is 1. The predicted molar refractivity (Wildman–Crippen MR) is 93.8 cm³/mol. The number of benzene rings is 2. The molecule has 1 aliphatic heterocycles. The number of halogens is 3. The van der Waals surface area contributed by atoms with Crippen LogP contribution in [-0.4, -0.2) is 24.5 Å². The van der Waals surface area contributed by atoms with Gasteiger partial charge in [-0.05, 0) is 41.8 Å². The number of sulfonamides is 1. The number of nitrogens with zero attached hydrogens (tertiary/aromatic N) is 1. The Morgan fingerprint density at radius 1 is 1.00 bits per heavy atom. The van der Waals surface area contributed by atoms with Gasteiger partial charge in [0.1, 0.15) is 5.78 Å². The highest BCUT2D eigenvalue weighted by molar-refractivity contribution is 7.89. The average molecular weight is 407 g/mol. The largest absolute Gasteiger partial charge is 0.416 e. The molecule has 0 amide bonds. The standard InChI is InChI=1S/C20H16F3NO3S/c21-20(22,23)13-5-7-15(8-6-13)28(26,27)24-17-9-14(25)11-19(17)10-12-3-1-2-4-16(12)18(19)24/h1-8,17-18H,9-11H2/t17?,18-,19?/m1/s1. The Bertz CT molecular complexity index is 1090. The van der Waals surface area contributed by atoms with Crippen molar-refractivity contribution in [3.8, 4) is 0 Å². The van der Waals surface area contributed by atoms with Crippen molar-refractivity contribution in [2.24, 2.45) is 5.41 Å². The SMILES string of the molecule is O=C1CC2N(S(=O)(=O)c3ccc(C(F)(F)F)cc3)[C@@H]3c4ccccc4CC23C1. The maximum absolute atomic E-state index is 13.3. The lowest BCUT2D eigenvalue weighted by atomic mass is 9.69. The fourth-order valence-electron chi connectivity index (χ4n) is 5.23. The van der Waals surface area contributed by atoms with Gasteiger partial charge in [-0.25, -0.2) is 8.42 Å². The molecule has 2 aromatic rings. The van der Waals surface area contributed by atoms with Crippen LogP contribution >= 0.6 is 0 Å². The first kappa shape index (κ1) is 17.9. The first-order valence-corrected chi connectivity index (χ1v) is 10.4. The van der Waals surface area contributed by atoms with Crippen LogP contribution in [0.4, 0.5) is 13.2 Å². The van der Waals surface area contributed by atoms with E-state index >= 15 is 0 Å². The lowest BCUT2D eigenvalue weighted by molar-refractivity contribution is -0.137. The molecule has 5 rings (SSSR count). The highest BCUT2D eigenvalue weighted by Gasteiger charge is 2.71. The second-order valence-corrected chi connectivity index (χ2v) is 9.65. The fraction of sp³-hybridized carbons (Fsp3) is 0.350. The molecule has 2 unspecified atom stereocenters. The molecule has 2 aromatic carbocycles. The van der Waals surface area contributed by atoms with Gasteiger partial charge in [-0.2, -0.15) is 17.5 Å². The summed E-state index contributed by atoms with van der Waals surface area (Å²) < 4.78 is 66.4. The van der Waals surface area contributed by atoms with Gasteiger partial charge in [0.05, 0.1) is 16.5 Å². The monoisotopic (exact) mass is 407 g/mol. The first-order chi connectivity index (χ1) is 13.1. The van der Waals surface area contributed by atoms with Crippen molar-refractivity contribution in [3.05, 3.63) is 65.2 Å². The molecule has 1 spiro atoms. The Labute approximate surface area is 160 Å². The van der Waals surface area contributed by atoms with Gasteiger partial charge in [-0.1, -0.05) is 24.3 Å². The Hall–Kier alpha value is -2.19. The van der Waals surface area contributed by atoms with Gasteiger partial charge in [0.25, 0.3) is 0 Å². The van der Waals surface area contributed by atoms with Crippen molar-refractivity contribution in [1.29, 1.82) is 0 Å². The predicted octanol–water partition coefficient (Wildman–Crippen LogP) is 3.73. The lowest BCUT2D eigenvalue weighted by Gasteiger charge is -2.56. The van der Waals surface area contributed by atoms with E-state index in [1.807, 2.05) is 24.3 Å². The smallest absolute Gasteiger partial charge is 0.300 e. The molecule has 4 nitrogen and oxygen atoms in total. The molecule has 0 bridgehead atoms. The molecule has 1 saturated carbocycles. The van der Waals surface area contributed by atoms with Gasteiger partial charge < -0.3 is 0 Å². The Balaban J connectivity index is 1.58. The van der Waals surface area contributed by atoms with Gasteiger partial charge in [0.2, 0.25) is 10.0 Å². The number of alkyl halides is 3. The highest BCUT2D eigenvalue weighted by atomic mass is 32.2. The number of carbonyl (C=O) groups excluding carboxylic acids is 1. The maximum atomic E-state index is 13.3. The van der Waals surface area contributed by atoms with Gasteiger partial charge in [-0.3, -0.25) is 4.79 Å². The molecule has 0 aromatic heterocycles. The number of rotatable bonds is 2. The quantitative estimate of drug-likeness (QED) is 0.763. The Kier molecular flexibility index (Phi) is 3.48. The summed E-state index contributed by atoms with van der Waals surface area (Å²) in [7, 11) is -4.03. The summed E-state index contributed by atoms with van der Waals surface area (Å²) in [5.74, 6) is 0.0351. The number of fused-ring (bicyclic) bond motifs is 2. The third-order valence-electron chi connectivity index (χ3n) is 6.34. The highest BCUT2D eigenvalue weighted by Crippen LogP contribution is 2.68. The first-order valence-electron chi connectivity index (χ1n) is 8.95. The topological polar surface area (TPSA) is 54.5 Å². The molecule has 2 aliphatic carbocycles. The lowest BCUT2D eigenvalue weighted by Crippen LogP contribution is -2.63. The molecule has 2 fully saturated rings. The summed E-state index contributed by atoms with van der Waals surface area (Å²) in [5.41, 5.74) is 0.618. The van der Waals surface area contributed by atoms with Gasteiger partial charge >= 0.3 is 6.18 Å². The van der Waals surface area contributed by atoms with E-state index in [9.17, 15) is 26.4 Å². The third kappa shape index (κ3) is 2.21. The van der Waals surface area contributed by atoms with E-state index in [1.165, 1.54) is 4.31 Å². The van der Waals surface area contributed by atoms with Crippen molar-refractivity contribution in [2.45, 2.75) is 42.4 Å². The summed E-state index contributed by atoms with van der Waals surface area (Å²) >= 11 is 0. The molecule has 3 aliphatic rings. The van der Waals surface area contributed by atoms with Crippen molar-refractivity contribution in [3.63, 3.8) is 0 Å². The minimum absolute atomic E-state index is 0.0351. The third-order valence-corrected chi connectivity index (χ3v) is 8.23. The van der Waals surface area contributed by atoms with Gasteiger partial charge in [0, 0.05) is 24.3 Å². The van der Waals surface area contributed by atoms with E-state index < -0.39 is 39.3 Å². The van der Waals surface area contributed by atoms with Gasteiger partial charge in [0.15, 0.2) is 0 Å². The molecule has 8 heteroatoms. The van der Waals surface area contributed by atoms with Gasteiger partial charge in [-0.15, -0.1) is 0 Å². The van der Waals surface area contributed by atoms with Crippen LogP contribution in [0.15, 0.2) is 53.4 Å². The van der Waals surface area contributed by atoms with Crippen LogP contribution < -0.4 is 0 Å². The summed E-state index contributed by atoms with van der Waals surface area (Å²) in [6.45, 7) is 0.